The van der Waals surface area contributed by atoms with Crippen LogP contribution in [0.15, 0.2) is 0 Å². The van der Waals surface area contributed by atoms with E-state index in [0.29, 0.717) is 5.92 Å². The Kier molecular flexibility index (Phi) is 7.23. The second-order valence-electron chi connectivity index (χ2n) is 3.95. The fourth-order valence-corrected chi connectivity index (χ4v) is 0.848. The minimum Gasteiger partial charge on any atom is -0.392 e. The van der Waals surface area contributed by atoms with Gasteiger partial charge in [-0.05, 0) is 19.8 Å². The molecule has 0 spiro atoms. The van der Waals surface area contributed by atoms with Crippen molar-refractivity contribution in [3.05, 3.63) is 0 Å². The van der Waals surface area contributed by atoms with Crippen LogP contribution in [0, 0.1) is 5.92 Å². The molecule has 0 saturated carbocycles. The molecule has 2 N–H and O–H groups in total. The minimum absolute atomic E-state index is 0.141. The first kappa shape index (κ1) is 12.9. The van der Waals surface area contributed by atoms with Crippen molar-refractivity contribution in [2.24, 2.45) is 5.92 Å². The highest BCUT2D eigenvalue weighted by Crippen LogP contribution is 1.92. The van der Waals surface area contributed by atoms with E-state index in [9.17, 15) is 0 Å². The lowest BCUT2D eigenvalue weighted by atomic mass is 10.2. The summed E-state index contributed by atoms with van der Waals surface area (Å²) < 4.78 is 5.38. The van der Waals surface area contributed by atoms with E-state index in [1.54, 1.807) is 6.92 Å². The van der Waals surface area contributed by atoms with Gasteiger partial charge < -0.3 is 15.2 Å². The Morgan fingerprint density at radius 2 is 1.85 bits per heavy atom. The normalized spacial score (nSPS) is 16.2. The molecule has 0 amide bonds. The number of hydrogen-bond donors (Lipinski definition) is 2. The highest BCUT2D eigenvalue weighted by molar-refractivity contribution is 4.65. The van der Waals surface area contributed by atoms with Crippen molar-refractivity contribution in [1.29, 1.82) is 0 Å². The van der Waals surface area contributed by atoms with Crippen molar-refractivity contribution in [3.8, 4) is 0 Å². The molecule has 0 heterocycles. The first-order valence-electron chi connectivity index (χ1n) is 5.03. The van der Waals surface area contributed by atoms with Gasteiger partial charge in [0.1, 0.15) is 0 Å². The topological polar surface area (TPSA) is 41.5 Å². The predicted molar refractivity (Wildman–Crippen MR) is 54.8 cm³/mol. The quantitative estimate of drug-likeness (QED) is 0.587. The fraction of sp³-hybridized carbons (Fsp3) is 1.00. The van der Waals surface area contributed by atoms with Gasteiger partial charge >= 0.3 is 0 Å². The monoisotopic (exact) mass is 189 g/mol. The minimum atomic E-state index is -0.301. The molecule has 0 aliphatic carbocycles. The van der Waals surface area contributed by atoms with Gasteiger partial charge in [-0.2, -0.15) is 0 Å². The zero-order chi connectivity index (χ0) is 10.3. The molecular formula is C10H23NO2. The number of hydrogen-bond acceptors (Lipinski definition) is 3. The van der Waals surface area contributed by atoms with Crippen LogP contribution in [-0.4, -0.2) is 37.0 Å². The molecular weight excluding hydrogens is 166 g/mol. The fourth-order valence-electron chi connectivity index (χ4n) is 0.848. The molecule has 0 saturated heterocycles. The number of nitrogens with one attached hydrogen (secondary N) is 1. The first-order valence-corrected chi connectivity index (χ1v) is 5.03. The molecule has 3 nitrogen and oxygen atoms in total. The molecule has 2 atom stereocenters. The van der Waals surface area contributed by atoms with Crippen LogP contribution in [0.25, 0.3) is 0 Å². The summed E-state index contributed by atoms with van der Waals surface area (Å²) in [6.45, 7) is 10.3. The molecule has 13 heavy (non-hydrogen) atoms. The summed E-state index contributed by atoms with van der Waals surface area (Å²) in [6.07, 6.45) is -0.301. The third kappa shape index (κ3) is 8.22. The summed E-state index contributed by atoms with van der Waals surface area (Å²) in [5.74, 6) is 0.592. The molecule has 0 aliphatic rings. The zero-order valence-electron chi connectivity index (χ0n) is 9.21. The Balaban J connectivity index is 3.16. The van der Waals surface area contributed by atoms with Crippen molar-refractivity contribution in [2.45, 2.75) is 39.8 Å². The van der Waals surface area contributed by atoms with Crippen molar-refractivity contribution in [3.63, 3.8) is 0 Å². The molecule has 0 aromatic rings. The molecule has 0 aliphatic heterocycles. The van der Waals surface area contributed by atoms with E-state index < -0.39 is 0 Å². The van der Waals surface area contributed by atoms with Crippen LogP contribution >= 0.6 is 0 Å². The number of aliphatic hydroxyl groups is 1. The first-order chi connectivity index (χ1) is 6.04. The molecule has 80 valence electrons. The van der Waals surface area contributed by atoms with Gasteiger partial charge in [-0.15, -0.1) is 0 Å². The summed E-state index contributed by atoms with van der Waals surface area (Å²) in [6, 6.07) is 0.141. The summed E-state index contributed by atoms with van der Waals surface area (Å²) in [4.78, 5) is 0. The van der Waals surface area contributed by atoms with Gasteiger partial charge in [-0.25, -0.2) is 0 Å². The molecule has 0 radical (unpaired) electrons. The second kappa shape index (κ2) is 7.30. The zero-order valence-corrected chi connectivity index (χ0v) is 9.21. The van der Waals surface area contributed by atoms with E-state index in [4.69, 9.17) is 9.84 Å². The third-order valence-corrected chi connectivity index (χ3v) is 1.89. The summed E-state index contributed by atoms with van der Waals surface area (Å²) >= 11 is 0. The summed E-state index contributed by atoms with van der Waals surface area (Å²) in [5.41, 5.74) is 0. The SMILES string of the molecule is CC(C)COCCNC(C)C(C)O. The van der Waals surface area contributed by atoms with Crippen LogP contribution in [0.1, 0.15) is 27.7 Å². The van der Waals surface area contributed by atoms with Crippen LogP contribution in [-0.2, 0) is 4.74 Å². The molecule has 0 rings (SSSR count). The Hall–Kier alpha value is -0.120. The molecule has 0 bridgehead atoms. The van der Waals surface area contributed by atoms with E-state index in [1.165, 1.54) is 0 Å². The highest BCUT2D eigenvalue weighted by atomic mass is 16.5. The largest absolute Gasteiger partial charge is 0.392 e. The second-order valence-corrected chi connectivity index (χ2v) is 3.95. The molecule has 2 unspecified atom stereocenters. The number of ether oxygens (including phenoxy) is 1. The smallest absolute Gasteiger partial charge is 0.0662 e. The van der Waals surface area contributed by atoms with Crippen molar-refractivity contribution >= 4 is 0 Å². The van der Waals surface area contributed by atoms with Gasteiger partial charge in [0.05, 0.1) is 12.7 Å². The van der Waals surface area contributed by atoms with Crippen LogP contribution in [0.4, 0.5) is 0 Å². The molecule has 0 fully saturated rings. The standard InChI is InChI=1S/C10H23NO2/c1-8(2)7-13-6-5-11-9(3)10(4)12/h8-12H,5-7H2,1-4H3. The Morgan fingerprint density at radius 1 is 1.23 bits per heavy atom. The average molecular weight is 189 g/mol. The van der Waals surface area contributed by atoms with E-state index in [-0.39, 0.29) is 12.1 Å². The van der Waals surface area contributed by atoms with E-state index in [2.05, 4.69) is 19.2 Å². The van der Waals surface area contributed by atoms with Crippen molar-refractivity contribution in [1.82, 2.24) is 5.32 Å². The lowest BCUT2D eigenvalue weighted by Crippen LogP contribution is -2.37. The van der Waals surface area contributed by atoms with Gasteiger partial charge in [-0.1, -0.05) is 13.8 Å². The van der Waals surface area contributed by atoms with Crippen LogP contribution < -0.4 is 5.32 Å². The third-order valence-electron chi connectivity index (χ3n) is 1.89. The average Bonchev–Trinajstić information content (AvgIpc) is 2.02. The van der Waals surface area contributed by atoms with Gasteiger partial charge in [0.15, 0.2) is 0 Å². The maximum atomic E-state index is 9.16. The summed E-state index contributed by atoms with van der Waals surface area (Å²) in [5, 5.41) is 12.3. The number of aliphatic hydroxyl groups excluding tert-OH is 1. The molecule has 0 aromatic heterocycles. The van der Waals surface area contributed by atoms with Gasteiger partial charge in [0.2, 0.25) is 0 Å². The maximum Gasteiger partial charge on any atom is 0.0662 e. The Bertz CT molecular complexity index is 115. The lowest BCUT2D eigenvalue weighted by molar-refractivity contribution is 0.101. The van der Waals surface area contributed by atoms with Crippen molar-refractivity contribution in [2.75, 3.05) is 19.8 Å². The van der Waals surface area contributed by atoms with Crippen molar-refractivity contribution < 1.29 is 9.84 Å². The predicted octanol–water partition coefficient (Wildman–Crippen LogP) is 1.02. The van der Waals surface area contributed by atoms with Gasteiger partial charge in [-0.3, -0.25) is 0 Å². The lowest BCUT2D eigenvalue weighted by Gasteiger charge is -2.16. The van der Waals surface area contributed by atoms with Gasteiger partial charge in [0, 0.05) is 19.2 Å². The van der Waals surface area contributed by atoms with Crippen LogP contribution in [0.2, 0.25) is 0 Å². The number of rotatable bonds is 7. The highest BCUT2D eigenvalue weighted by Gasteiger charge is 2.06. The van der Waals surface area contributed by atoms with Gasteiger partial charge in [0.25, 0.3) is 0 Å². The van der Waals surface area contributed by atoms with E-state index >= 15 is 0 Å². The Labute approximate surface area is 81.5 Å². The van der Waals surface area contributed by atoms with E-state index in [0.717, 1.165) is 19.8 Å². The molecule has 3 heteroatoms. The molecule has 0 aromatic carbocycles. The Morgan fingerprint density at radius 3 is 2.31 bits per heavy atom. The summed E-state index contributed by atoms with van der Waals surface area (Å²) in [7, 11) is 0. The van der Waals surface area contributed by atoms with Crippen LogP contribution in [0.3, 0.4) is 0 Å². The van der Waals surface area contributed by atoms with E-state index in [1.807, 2.05) is 6.92 Å². The van der Waals surface area contributed by atoms with Crippen LogP contribution in [0.5, 0.6) is 0 Å². The maximum absolute atomic E-state index is 9.16.